The number of benzene rings is 1. The van der Waals surface area contributed by atoms with Crippen molar-refractivity contribution in [3.05, 3.63) is 39.1 Å². The molecule has 1 saturated heterocycles. The van der Waals surface area contributed by atoms with Crippen LogP contribution in [0.1, 0.15) is 37.7 Å². The van der Waals surface area contributed by atoms with Gasteiger partial charge in [-0.1, -0.05) is 23.9 Å². The summed E-state index contributed by atoms with van der Waals surface area (Å²) in [4.78, 5) is 17.5. The lowest BCUT2D eigenvalue weighted by Gasteiger charge is -2.48. The summed E-state index contributed by atoms with van der Waals surface area (Å²) >= 11 is 6.18. The molecule has 1 aliphatic heterocycles. The van der Waals surface area contributed by atoms with E-state index in [1.54, 1.807) is 6.07 Å². The second kappa shape index (κ2) is 5.32. The van der Waals surface area contributed by atoms with E-state index in [0.29, 0.717) is 16.0 Å². The summed E-state index contributed by atoms with van der Waals surface area (Å²) in [6.07, 6.45) is 12.1. The molecule has 0 unspecified atom stereocenters. The number of aromatic amines is 1. The maximum Gasteiger partial charge on any atom is 0.266 e. The lowest BCUT2D eigenvalue weighted by Crippen LogP contribution is -2.44. The molecule has 0 amide bonds. The molecule has 2 heterocycles. The fourth-order valence-corrected chi connectivity index (χ4v) is 4.26. The molecule has 4 rings (SSSR count). The molecule has 1 aliphatic carbocycles. The van der Waals surface area contributed by atoms with Crippen molar-refractivity contribution in [2.24, 2.45) is 5.41 Å². The van der Waals surface area contributed by atoms with Gasteiger partial charge in [-0.3, -0.25) is 4.79 Å². The first-order valence-electron chi connectivity index (χ1n) is 8.19. The summed E-state index contributed by atoms with van der Waals surface area (Å²) in [6, 6.07) is 5.54. The van der Waals surface area contributed by atoms with E-state index >= 15 is 0 Å². The summed E-state index contributed by atoms with van der Waals surface area (Å²) in [5.74, 6) is 2.59. The minimum atomic E-state index is -0.193. The van der Waals surface area contributed by atoms with Gasteiger partial charge < -0.3 is 9.88 Å². The topological polar surface area (TPSA) is 36.1 Å². The van der Waals surface area contributed by atoms with Gasteiger partial charge in [0.15, 0.2) is 0 Å². The van der Waals surface area contributed by atoms with Crippen LogP contribution < -0.4 is 10.5 Å². The largest absolute Gasteiger partial charge is 0.370 e. The van der Waals surface area contributed by atoms with E-state index in [4.69, 9.17) is 18.0 Å². The Labute approximate surface area is 140 Å². The molecule has 2 aliphatic rings. The molecule has 1 spiro atoms. The molecule has 1 aromatic heterocycles. The van der Waals surface area contributed by atoms with Crippen molar-refractivity contribution in [3.8, 4) is 12.3 Å². The van der Waals surface area contributed by atoms with E-state index < -0.39 is 0 Å². The molecule has 2 aromatic rings. The summed E-state index contributed by atoms with van der Waals surface area (Å²) < 4.78 is 0. The second-order valence-electron chi connectivity index (χ2n) is 6.85. The smallest absolute Gasteiger partial charge is 0.266 e. The highest BCUT2D eigenvalue weighted by Gasteiger charge is 2.40. The molecule has 118 valence electrons. The van der Waals surface area contributed by atoms with Gasteiger partial charge in [-0.15, -0.1) is 6.42 Å². The van der Waals surface area contributed by atoms with Crippen molar-refractivity contribution in [2.75, 3.05) is 18.0 Å². The lowest BCUT2D eigenvalue weighted by atomic mass is 9.63. The van der Waals surface area contributed by atoms with E-state index in [1.165, 1.54) is 32.1 Å². The average molecular weight is 327 g/mol. The Morgan fingerprint density at radius 1 is 1.22 bits per heavy atom. The van der Waals surface area contributed by atoms with Crippen LogP contribution in [0.4, 0.5) is 5.69 Å². The maximum absolute atomic E-state index is 12.3. The highest BCUT2D eigenvalue weighted by atomic mass is 35.5. The van der Waals surface area contributed by atoms with Crippen LogP contribution in [0.25, 0.3) is 10.9 Å². The normalized spacial score (nSPS) is 19.6. The highest BCUT2D eigenvalue weighted by Crippen LogP contribution is 2.49. The number of hydrogen-bond donors (Lipinski definition) is 1. The number of anilines is 1. The summed E-state index contributed by atoms with van der Waals surface area (Å²) in [5, 5.41) is 1.59. The summed E-state index contributed by atoms with van der Waals surface area (Å²) in [6.45, 7) is 1.92. The van der Waals surface area contributed by atoms with Crippen molar-refractivity contribution < 1.29 is 0 Å². The molecular formula is C19H19ClN2O. The third-order valence-corrected chi connectivity index (χ3v) is 5.88. The average Bonchev–Trinajstić information content (AvgIpc) is 2.53. The van der Waals surface area contributed by atoms with Gasteiger partial charge in [-0.05, 0) is 49.3 Å². The van der Waals surface area contributed by atoms with Crippen molar-refractivity contribution >= 4 is 28.2 Å². The van der Waals surface area contributed by atoms with E-state index in [0.717, 1.165) is 29.7 Å². The summed E-state index contributed by atoms with van der Waals surface area (Å²) in [5.41, 5.74) is 2.45. The zero-order valence-electron chi connectivity index (χ0n) is 13.0. The van der Waals surface area contributed by atoms with Crippen molar-refractivity contribution in [3.63, 3.8) is 0 Å². The van der Waals surface area contributed by atoms with Crippen LogP contribution in [0.3, 0.4) is 0 Å². The van der Waals surface area contributed by atoms with Crippen LogP contribution in [-0.2, 0) is 0 Å². The Balaban J connectivity index is 1.83. The predicted molar refractivity (Wildman–Crippen MR) is 95.2 cm³/mol. The van der Waals surface area contributed by atoms with Gasteiger partial charge in [0.25, 0.3) is 5.56 Å². The molecule has 0 atom stereocenters. The van der Waals surface area contributed by atoms with Gasteiger partial charge in [0.1, 0.15) is 5.56 Å². The molecule has 0 bridgehead atoms. The zero-order chi connectivity index (χ0) is 16.0. The third-order valence-electron chi connectivity index (χ3n) is 5.65. The van der Waals surface area contributed by atoms with Gasteiger partial charge in [0.05, 0.1) is 11.2 Å². The number of rotatable bonds is 1. The minimum Gasteiger partial charge on any atom is -0.370 e. The minimum absolute atomic E-state index is 0.193. The van der Waals surface area contributed by atoms with Crippen LogP contribution in [-0.4, -0.2) is 18.1 Å². The summed E-state index contributed by atoms with van der Waals surface area (Å²) in [7, 11) is 0. The monoisotopic (exact) mass is 326 g/mol. The number of pyridine rings is 1. The predicted octanol–water partition coefficient (Wildman–Crippen LogP) is 3.93. The quantitative estimate of drug-likeness (QED) is 0.806. The van der Waals surface area contributed by atoms with E-state index in [-0.39, 0.29) is 5.56 Å². The van der Waals surface area contributed by atoms with Crippen LogP contribution in [0.5, 0.6) is 0 Å². The van der Waals surface area contributed by atoms with Crippen molar-refractivity contribution in [1.29, 1.82) is 0 Å². The maximum atomic E-state index is 12.3. The van der Waals surface area contributed by atoms with Gasteiger partial charge in [0.2, 0.25) is 0 Å². The Kier molecular flexibility index (Phi) is 3.39. The Bertz CT molecular complexity index is 863. The number of H-pyrrole nitrogens is 1. The molecule has 3 nitrogen and oxygen atoms in total. The van der Waals surface area contributed by atoms with Crippen molar-refractivity contribution in [1.82, 2.24) is 4.98 Å². The number of hydrogen-bond acceptors (Lipinski definition) is 2. The Morgan fingerprint density at radius 3 is 2.57 bits per heavy atom. The number of fused-ring (bicyclic) bond motifs is 1. The van der Waals surface area contributed by atoms with Crippen LogP contribution in [0, 0.1) is 17.8 Å². The SMILES string of the molecule is C#Cc1c(N2CCC3(CCC3)CC2)c2cc(Cl)ccc2[nH]c1=O. The molecule has 0 radical (unpaired) electrons. The highest BCUT2D eigenvalue weighted by molar-refractivity contribution is 6.31. The number of aromatic nitrogens is 1. The molecule has 1 saturated carbocycles. The van der Waals surface area contributed by atoms with Gasteiger partial charge in [-0.25, -0.2) is 0 Å². The van der Waals surface area contributed by atoms with Crippen LogP contribution in [0.2, 0.25) is 5.02 Å². The molecule has 4 heteroatoms. The van der Waals surface area contributed by atoms with Crippen LogP contribution >= 0.6 is 11.6 Å². The fourth-order valence-electron chi connectivity index (χ4n) is 4.09. The van der Waals surface area contributed by atoms with Crippen molar-refractivity contribution in [2.45, 2.75) is 32.1 Å². The molecule has 1 aromatic carbocycles. The molecule has 1 N–H and O–H groups in total. The molecule has 2 fully saturated rings. The number of piperidine rings is 1. The standard InChI is InChI=1S/C19H19ClN2O/c1-2-14-17(22-10-8-19(9-11-22)6-3-7-19)15-12-13(20)4-5-16(15)21-18(14)23/h1,4-5,12H,3,6-11H2,(H,21,23). The zero-order valence-corrected chi connectivity index (χ0v) is 13.7. The van der Waals surface area contributed by atoms with Crippen LogP contribution in [0.15, 0.2) is 23.0 Å². The van der Waals surface area contributed by atoms with Gasteiger partial charge in [-0.2, -0.15) is 0 Å². The fraction of sp³-hybridized carbons (Fsp3) is 0.421. The van der Waals surface area contributed by atoms with E-state index in [1.807, 2.05) is 12.1 Å². The Morgan fingerprint density at radius 2 is 1.96 bits per heavy atom. The number of nitrogens with zero attached hydrogens (tertiary/aromatic N) is 1. The second-order valence-corrected chi connectivity index (χ2v) is 7.29. The first kappa shape index (κ1) is 14.7. The molecule has 23 heavy (non-hydrogen) atoms. The first-order valence-corrected chi connectivity index (χ1v) is 8.57. The lowest BCUT2D eigenvalue weighted by molar-refractivity contribution is 0.0956. The Hall–Kier alpha value is -1.92. The number of halogens is 1. The van der Waals surface area contributed by atoms with Gasteiger partial charge >= 0.3 is 0 Å². The third kappa shape index (κ3) is 2.33. The number of terminal acetylenes is 1. The van der Waals surface area contributed by atoms with E-state index in [9.17, 15) is 4.79 Å². The first-order chi connectivity index (χ1) is 11.1. The van der Waals surface area contributed by atoms with Gasteiger partial charge in [0, 0.05) is 23.5 Å². The van der Waals surface area contributed by atoms with E-state index in [2.05, 4.69) is 15.8 Å². The molecular weight excluding hydrogens is 308 g/mol. The number of nitrogens with one attached hydrogen (secondary N) is 1.